The van der Waals surface area contributed by atoms with Gasteiger partial charge in [0.1, 0.15) is 0 Å². The average molecular weight is 632 g/mol. The van der Waals surface area contributed by atoms with Crippen LogP contribution in [0.2, 0.25) is 0 Å². The molecule has 0 spiro atoms. The van der Waals surface area contributed by atoms with E-state index in [-0.39, 0.29) is 29.5 Å². The van der Waals surface area contributed by atoms with Gasteiger partial charge in [-0.05, 0) is 77.2 Å². The zero-order valence-corrected chi connectivity index (χ0v) is 24.9. The number of allylic oxidation sites excluding steroid dienone is 1. The first-order valence-corrected chi connectivity index (χ1v) is 14.3. The molecule has 0 unspecified atom stereocenters. The first kappa shape index (κ1) is 28.9. The van der Waals surface area contributed by atoms with Gasteiger partial charge in [0.05, 0.1) is 11.8 Å². The van der Waals surface area contributed by atoms with Gasteiger partial charge < -0.3 is 15.2 Å². The summed E-state index contributed by atoms with van der Waals surface area (Å²) in [5.41, 5.74) is 3.55. The van der Waals surface area contributed by atoms with Crippen molar-refractivity contribution in [3.63, 3.8) is 0 Å². The minimum Gasteiger partial charge on any atom is -0.342 e. The van der Waals surface area contributed by atoms with Crippen molar-refractivity contribution in [1.29, 1.82) is 0 Å². The van der Waals surface area contributed by atoms with E-state index in [1.54, 1.807) is 12.1 Å². The molecule has 1 heterocycles. The average Bonchev–Trinajstić information content (AvgIpc) is 3.24. The third kappa shape index (κ3) is 7.67. The van der Waals surface area contributed by atoms with Crippen LogP contribution in [0, 0.1) is 16.4 Å². The standard InChI is InChI=1S/C28H34IN5O2S/c1-7-13-34-26(25(18(4)5)31-27(36)20-10-8-9-19(6)14-20)32-33-28(34)37-16-24(35)30-23-12-11-21(29)15-22(23)17(2)3/h7-12,14-15,17-18,25H,1,13,16H2,2-6H3,(H,30,35)(H,31,36)/t25-/m1/s1. The second-order valence-electron chi connectivity index (χ2n) is 9.53. The Morgan fingerprint density at radius 2 is 1.89 bits per heavy atom. The number of nitrogens with one attached hydrogen (secondary N) is 2. The summed E-state index contributed by atoms with van der Waals surface area (Å²) in [5, 5.41) is 15.6. The summed E-state index contributed by atoms with van der Waals surface area (Å²) < 4.78 is 3.05. The van der Waals surface area contributed by atoms with Crippen LogP contribution in [0.4, 0.5) is 5.69 Å². The second kappa shape index (κ2) is 13.2. The lowest BCUT2D eigenvalue weighted by molar-refractivity contribution is -0.113. The predicted octanol–water partition coefficient (Wildman–Crippen LogP) is 6.36. The first-order chi connectivity index (χ1) is 17.6. The van der Waals surface area contributed by atoms with E-state index in [1.165, 1.54) is 11.8 Å². The van der Waals surface area contributed by atoms with Gasteiger partial charge in [-0.25, -0.2) is 0 Å². The maximum absolute atomic E-state index is 13.0. The van der Waals surface area contributed by atoms with Crippen molar-refractivity contribution in [3.8, 4) is 0 Å². The van der Waals surface area contributed by atoms with Crippen LogP contribution in [0.15, 0.2) is 60.3 Å². The number of rotatable bonds is 11. The van der Waals surface area contributed by atoms with Gasteiger partial charge in [0, 0.05) is 21.4 Å². The zero-order chi connectivity index (χ0) is 27.1. The number of anilines is 1. The lowest BCUT2D eigenvalue weighted by Crippen LogP contribution is -2.34. The van der Waals surface area contributed by atoms with Crippen LogP contribution in [0.3, 0.4) is 0 Å². The van der Waals surface area contributed by atoms with Gasteiger partial charge >= 0.3 is 0 Å². The van der Waals surface area contributed by atoms with Crippen LogP contribution < -0.4 is 10.6 Å². The summed E-state index contributed by atoms with van der Waals surface area (Å²) in [5.74, 6) is 0.898. The molecule has 0 fully saturated rings. The molecule has 2 N–H and O–H groups in total. The molecule has 0 aliphatic heterocycles. The largest absolute Gasteiger partial charge is 0.342 e. The Morgan fingerprint density at radius 3 is 2.54 bits per heavy atom. The summed E-state index contributed by atoms with van der Waals surface area (Å²) in [6.07, 6.45) is 1.76. The SMILES string of the molecule is C=CCn1c(SCC(=O)Nc2ccc(I)cc2C(C)C)nnc1[C@H](NC(=O)c1cccc(C)c1)C(C)C. The van der Waals surface area contributed by atoms with E-state index in [0.29, 0.717) is 29.0 Å². The van der Waals surface area contributed by atoms with Crippen LogP contribution in [-0.4, -0.2) is 32.3 Å². The van der Waals surface area contributed by atoms with E-state index in [2.05, 4.69) is 69.9 Å². The first-order valence-electron chi connectivity index (χ1n) is 12.2. The zero-order valence-electron chi connectivity index (χ0n) is 21.9. The monoisotopic (exact) mass is 631 g/mol. The maximum atomic E-state index is 13.0. The number of nitrogens with zero attached hydrogens (tertiary/aromatic N) is 3. The van der Waals surface area contributed by atoms with Gasteiger partial charge in [0.15, 0.2) is 11.0 Å². The summed E-state index contributed by atoms with van der Waals surface area (Å²) in [4.78, 5) is 25.8. The lowest BCUT2D eigenvalue weighted by Gasteiger charge is -2.22. The molecule has 0 saturated carbocycles. The number of hydrogen-bond acceptors (Lipinski definition) is 5. The molecule has 0 radical (unpaired) electrons. The fraction of sp³-hybridized carbons (Fsp3) is 0.357. The molecule has 37 heavy (non-hydrogen) atoms. The molecule has 2 amide bonds. The highest BCUT2D eigenvalue weighted by Gasteiger charge is 2.26. The number of benzene rings is 2. The Hall–Kier alpha value is -2.66. The molecule has 0 bridgehead atoms. The highest BCUT2D eigenvalue weighted by atomic mass is 127. The Balaban J connectivity index is 1.77. The number of carbonyl (C=O) groups is 2. The van der Waals surface area contributed by atoms with E-state index in [1.807, 2.05) is 55.7 Å². The number of thioether (sulfide) groups is 1. The number of amides is 2. The van der Waals surface area contributed by atoms with Gasteiger partial charge in [-0.15, -0.1) is 16.8 Å². The topological polar surface area (TPSA) is 88.9 Å². The van der Waals surface area contributed by atoms with E-state index in [9.17, 15) is 9.59 Å². The number of aromatic nitrogens is 3. The normalized spacial score (nSPS) is 12.0. The third-order valence-electron chi connectivity index (χ3n) is 5.81. The molecule has 0 aliphatic rings. The fourth-order valence-electron chi connectivity index (χ4n) is 3.92. The molecule has 3 rings (SSSR count). The van der Waals surface area contributed by atoms with E-state index < -0.39 is 0 Å². The van der Waals surface area contributed by atoms with E-state index in [4.69, 9.17) is 0 Å². The molecule has 196 valence electrons. The van der Waals surface area contributed by atoms with Crippen molar-refractivity contribution in [2.24, 2.45) is 5.92 Å². The smallest absolute Gasteiger partial charge is 0.251 e. The molecule has 1 atom stereocenters. The van der Waals surface area contributed by atoms with Gasteiger partial charge in [-0.1, -0.05) is 63.2 Å². The number of aryl methyl sites for hydroxylation is 1. The molecule has 0 aliphatic carbocycles. The highest BCUT2D eigenvalue weighted by Crippen LogP contribution is 2.28. The van der Waals surface area contributed by atoms with E-state index in [0.717, 1.165) is 20.4 Å². The van der Waals surface area contributed by atoms with E-state index >= 15 is 0 Å². The third-order valence-corrected chi connectivity index (χ3v) is 7.45. The molecule has 1 aromatic heterocycles. The summed E-state index contributed by atoms with van der Waals surface area (Å²) in [7, 11) is 0. The number of hydrogen-bond donors (Lipinski definition) is 2. The second-order valence-corrected chi connectivity index (χ2v) is 11.7. The molecule has 7 nitrogen and oxygen atoms in total. The molecular weight excluding hydrogens is 597 g/mol. The Labute approximate surface area is 237 Å². The minimum absolute atomic E-state index is 0.0676. The summed E-state index contributed by atoms with van der Waals surface area (Å²) >= 11 is 3.59. The van der Waals surface area contributed by atoms with Gasteiger partial charge in [0.2, 0.25) is 5.91 Å². The van der Waals surface area contributed by atoms with Gasteiger partial charge in [-0.2, -0.15) is 0 Å². The van der Waals surface area contributed by atoms with Crippen molar-refractivity contribution in [2.75, 3.05) is 11.1 Å². The molecule has 0 saturated heterocycles. The van der Waals surface area contributed by atoms with Gasteiger partial charge in [0.25, 0.3) is 5.91 Å². The molecule has 3 aromatic rings. The van der Waals surface area contributed by atoms with Crippen molar-refractivity contribution < 1.29 is 9.59 Å². The Morgan fingerprint density at radius 1 is 1.14 bits per heavy atom. The Kier molecular flexibility index (Phi) is 10.3. The van der Waals surface area contributed by atoms with Crippen LogP contribution in [0.1, 0.15) is 67.0 Å². The van der Waals surface area contributed by atoms with Crippen molar-refractivity contribution in [3.05, 3.63) is 81.2 Å². The van der Waals surface area contributed by atoms with Crippen LogP contribution in [0.25, 0.3) is 0 Å². The van der Waals surface area contributed by atoms with Crippen molar-refractivity contribution in [1.82, 2.24) is 20.1 Å². The van der Waals surface area contributed by atoms with Crippen molar-refractivity contribution in [2.45, 2.75) is 58.3 Å². The minimum atomic E-state index is -0.357. The summed E-state index contributed by atoms with van der Waals surface area (Å²) in [6, 6.07) is 13.2. The maximum Gasteiger partial charge on any atom is 0.251 e. The van der Waals surface area contributed by atoms with Gasteiger partial charge in [-0.3, -0.25) is 9.59 Å². The number of halogens is 1. The fourth-order valence-corrected chi connectivity index (χ4v) is 5.19. The highest BCUT2D eigenvalue weighted by molar-refractivity contribution is 14.1. The molecule has 2 aromatic carbocycles. The van der Waals surface area contributed by atoms with Crippen LogP contribution in [-0.2, 0) is 11.3 Å². The Bertz CT molecular complexity index is 1270. The number of carbonyl (C=O) groups excluding carboxylic acids is 2. The molecule has 9 heteroatoms. The lowest BCUT2D eigenvalue weighted by atomic mass is 10.0. The predicted molar refractivity (Wildman–Crippen MR) is 159 cm³/mol. The molecular formula is C28H34IN5O2S. The van der Waals surface area contributed by atoms with Crippen molar-refractivity contribution >= 4 is 51.9 Å². The summed E-state index contributed by atoms with van der Waals surface area (Å²) in [6.45, 7) is 14.6. The quantitative estimate of drug-likeness (QED) is 0.146. The van der Waals surface area contributed by atoms with Crippen LogP contribution in [0.5, 0.6) is 0 Å². The van der Waals surface area contributed by atoms with Crippen LogP contribution >= 0.6 is 34.4 Å².